The fourth-order valence-electron chi connectivity index (χ4n) is 2.01. The summed E-state index contributed by atoms with van der Waals surface area (Å²) in [5, 5.41) is 10.9. The van der Waals surface area contributed by atoms with Gasteiger partial charge in [-0.05, 0) is 25.1 Å². The minimum absolute atomic E-state index is 0.460. The molecule has 6 nitrogen and oxygen atoms in total. The van der Waals surface area contributed by atoms with Gasteiger partial charge in [0, 0.05) is 18.8 Å². The zero-order chi connectivity index (χ0) is 11.5. The van der Waals surface area contributed by atoms with Gasteiger partial charge in [-0.3, -0.25) is 0 Å². The van der Waals surface area contributed by atoms with E-state index in [1.165, 1.54) is 6.33 Å². The highest BCUT2D eigenvalue weighted by molar-refractivity contribution is 5.56. The first-order chi connectivity index (χ1) is 8.43. The fraction of sp³-hybridized carbons (Fsp3) is 0.364. The lowest BCUT2D eigenvalue weighted by molar-refractivity contribution is 0.782. The number of nitrogens with zero attached hydrogens (tertiary/aromatic N) is 4. The van der Waals surface area contributed by atoms with Crippen molar-refractivity contribution < 1.29 is 0 Å². The molecule has 1 atom stereocenters. The van der Waals surface area contributed by atoms with Crippen LogP contribution in [0.5, 0.6) is 0 Å². The van der Waals surface area contributed by atoms with E-state index >= 15 is 0 Å². The summed E-state index contributed by atoms with van der Waals surface area (Å²) < 4.78 is 1.67. The van der Waals surface area contributed by atoms with Crippen molar-refractivity contribution in [1.82, 2.24) is 25.1 Å². The van der Waals surface area contributed by atoms with Crippen molar-refractivity contribution in [1.29, 1.82) is 0 Å². The van der Waals surface area contributed by atoms with E-state index in [0.29, 0.717) is 6.04 Å². The maximum Gasteiger partial charge on any atom is 0.178 e. The molecule has 88 valence electrons. The Kier molecular flexibility index (Phi) is 2.71. The lowest BCUT2D eigenvalue weighted by Gasteiger charge is -2.15. The first kappa shape index (κ1) is 10.2. The van der Waals surface area contributed by atoms with E-state index in [4.69, 9.17) is 0 Å². The van der Waals surface area contributed by atoms with Crippen molar-refractivity contribution in [3.8, 4) is 5.82 Å². The second-order valence-electron chi connectivity index (χ2n) is 4.05. The summed E-state index contributed by atoms with van der Waals surface area (Å²) in [5.41, 5.74) is 0.992. The van der Waals surface area contributed by atoms with Gasteiger partial charge in [0.05, 0.1) is 5.69 Å². The summed E-state index contributed by atoms with van der Waals surface area (Å²) in [7, 11) is 0. The Morgan fingerprint density at radius 1 is 1.47 bits per heavy atom. The number of hydrogen-bond donors (Lipinski definition) is 2. The van der Waals surface area contributed by atoms with Crippen LogP contribution in [-0.4, -0.2) is 38.9 Å². The predicted octanol–water partition coefficient (Wildman–Crippen LogP) is 0.436. The van der Waals surface area contributed by atoms with Crippen molar-refractivity contribution >= 4 is 5.69 Å². The third kappa shape index (κ3) is 2.12. The van der Waals surface area contributed by atoms with E-state index in [2.05, 4.69) is 25.7 Å². The lowest BCUT2D eigenvalue weighted by atomic mass is 10.2. The van der Waals surface area contributed by atoms with Crippen LogP contribution in [0.2, 0.25) is 0 Å². The third-order valence-electron chi connectivity index (χ3n) is 2.84. The quantitative estimate of drug-likeness (QED) is 0.800. The van der Waals surface area contributed by atoms with Crippen LogP contribution in [0.25, 0.3) is 5.82 Å². The number of anilines is 1. The summed E-state index contributed by atoms with van der Waals surface area (Å²) in [6.45, 7) is 2.06. The molecule has 6 heteroatoms. The molecule has 0 aromatic carbocycles. The maximum atomic E-state index is 4.34. The first-order valence-corrected chi connectivity index (χ1v) is 5.71. The molecule has 0 spiro atoms. The third-order valence-corrected chi connectivity index (χ3v) is 2.84. The first-order valence-electron chi connectivity index (χ1n) is 5.71. The molecule has 0 saturated carbocycles. The van der Waals surface area contributed by atoms with Crippen LogP contribution in [0.3, 0.4) is 0 Å². The highest BCUT2D eigenvalue weighted by Gasteiger charge is 2.16. The summed E-state index contributed by atoms with van der Waals surface area (Å²) in [6, 6.07) is 4.40. The van der Waals surface area contributed by atoms with Crippen molar-refractivity contribution in [3.63, 3.8) is 0 Å². The SMILES string of the molecule is c1cnc(-n2cncn2)c(NC2CCNC2)c1. The minimum Gasteiger partial charge on any atom is -0.378 e. The predicted molar refractivity (Wildman–Crippen MR) is 64.1 cm³/mol. The van der Waals surface area contributed by atoms with E-state index in [1.54, 1.807) is 17.2 Å². The molecule has 0 amide bonds. The van der Waals surface area contributed by atoms with Crippen LogP contribution in [0, 0.1) is 0 Å². The van der Waals surface area contributed by atoms with Crippen molar-refractivity contribution in [2.75, 3.05) is 18.4 Å². The average Bonchev–Trinajstić information content (AvgIpc) is 3.01. The lowest BCUT2D eigenvalue weighted by Crippen LogP contribution is -2.23. The molecular weight excluding hydrogens is 216 g/mol. The molecule has 0 radical (unpaired) electrons. The van der Waals surface area contributed by atoms with Gasteiger partial charge in [-0.1, -0.05) is 0 Å². The maximum absolute atomic E-state index is 4.34. The monoisotopic (exact) mass is 230 g/mol. The molecule has 2 aromatic rings. The Hall–Kier alpha value is -1.95. The van der Waals surface area contributed by atoms with E-state index in [1.807, 2.05) is 12.1 Å². The molecule has 2 aromatic heterocycles. The second-order valence-corrected chi connectivity index (χ2v) is 4.05. The fourth-order valence-corrected chi connectivity index (χ4v) is 2.01. The van der Waals surface area contributed by atoms with Crippen molar-refractivity contribution in [2.24, 2.45) is 0 Å². The molecule has 1 fully saturated rings. The van der Waals surface area contributed by atoms with E-state index in [-0.39, 0.29) is 0 Å². The summed E-state index contributed by atoms with van der Waals surface area (Å²) in [6.07, 6.45) is 6.05. The Morgan fingerprint density at radius 2 is 2.47 bits per heavy atom. The highest BCUT2D eigenvalue weighted by atomic mass is 15.3. The molecule has 1 aliphatic rings. The van der Waals surface area contributed by atoms with E-state index in [9.17, 15) is 0 Å². The molecule has 1 saturated heterocycles. The van der Waals surface area contributed by atoms with Crippen LogP contribution in [0.4, 0.5) is 5.69 Å². The molecule has 2 N–H and O–H groups in total. The Morgan fingerprint density at radius 3 is 3.24 bits per heavy atom. The van der Waals surface area contributed by atoms with Gasteiger partial charge >= 0.3 is 0 Å². The molecule has 0 bridgehead atoms. The van der Waals surface area contributed by atoms with Crippen LogP contribution in [-0.2, 0) is 0 Å². The number of nitrogens with one attached hydrogen (secondary N) is 2. The Balaban J connectivity index is 1.88. The van der Waals surface area contributed by atoms with E-state index < -0.39 is 0 Å². The number of hydrogen-bond acceptors (Lipinski definition) is 5. The number of rotatable bonds is 3. The van der Waals surface area contributed by atoms with Gasteiger partial charge in [0.25, 0.3) is 0 Å². The van der Waals surface area contributed by atoms with Gasteiger partial charge in [0.2, 0.25) is 0 Å². The second kappa shape index (κ2) is 4.50. The van der Waals surface area contributed by atoms with Crippen LogP contribution >= 0.6 is 0 Å². The topological polar surface area (TPSA) is 67.7 Å². The van der Waals surface area contributed by atoms with Gasteiger partial charge in [0.1, 0.15) is 12.7 Å². The van der Waals surface area contributed by atoms with E-state index in [0.717, 1.165) is 31.0 Å². The Labute approximate surface area is 99.1 Å². The van der Waals surface area contributed by atoms with Gasteiger partial charge in [-0.15, -0.1) is 0 Å². The number of pyridine rings is 1. The molecule has 3 heterocycles. The molecule has 3 rings (SSSR count). The molecule has 17 heavy (non-hydrogen) atoms. The smallest absolute Gasteiger partial charge is 0.178 e. The largest absolute Gasteiger partial charge is 0.378 e. The summed E-state index contributed by atoms with van der Waals surface area (Å²) >= 11 is 0. The van der Waals surface area contributed by atoms with Crippen LogP contribution in [0.1, 0.15) is 6.42 Å². The minimum atomic E-state index is 0.460. The zero-order valence-corrected chi connectivity index (χ0v) is 9.37. The normalized spacial score (nSPS) is 19.4. The highest BCUT2D eigenvalue weighted by Crippen LogP contribution is 2.18. The van der Waals surface area contributed by atoms with Crippen molar-refractivity contribution in [2.45, 2.75) is 12.5 Å². The van der Waals surface area contributed by atoms with Gasteiger partial charge in [0.15, 0.2) is 5.82 Å². The van der Waals surface area contributed by atoms with Crippen LogP contribution < -0.4 is 10.6 Å². The molecule has 1 aliphatic heterocycles. The average molecular weight is 230 g/mol. The molecular formula is C11H14N6. The summed E-state index contributed by atoms with van der Waals surface area (Å²) in [5.74, 6) is 0.789. The molecule has 1 unspecified atom stereocenters. The Bertz CT molecular complexity index is 474. The summed E-state index contributed by atoms with van der Waals surface area (Å²) in [4.78, 5) is 8.28. The van der Waals surface area contributed by atoms with Gasteiger partial charge < -0.3 is 10.6 Å². The zero-order valence-electron chi connectivity index (χ0n) is 9.37. The standard InChI is InChI=1S/C11H14N6/c1-2-10(16-9-3-5-12-6-9)11(14-4-1)17-8-13-7-15-17/h1-2,4,7-9,12,16H,3,5-6H2. The number of aromatic nitrogens is 4. The van der Waals surface area contributed by atoms with Crippen LogP contribution in [0.15, 0.2) is 31.0 Å². The van der Waals surface area contributed by atoms with Gasteiger partial charge in [-0.2, -0.15) is 5.10 Å². The van der Waals surface area contributed by atoms with Crippen molar-refractivity contribution in [3.05, 3.63) is 31.0 Å². The van der Waals surface area contributed by atoms with Gasteiger partial charge in [-0.25, -0.2) is 14.6 Å². The molecule has 0 aliphatic carbocycles.